The molecule has 0 aliphatic carbocycles. The van der Waals surface area contributed by atoms with Gasteiger partial charge in [0.15, 0.2) is 0 Å². The molecule has 0 N–H and O–H groups in total. The van der Waals surface area contributed by atoms with Gasteiger partial charge in [-0.25, -0.2) is 4.98 Å². The zero-order valence-electron chi connectivity index (χ0n) is 13.7. The molecule has 0 amide bonds. The van der Waals surface area contributed by atoms with Gasteiger partial charge in [-0.2, -0.15) is 0 Å². The number of carbonyl (C=O) groups excluding carboxylic acids is 1. The fraction of sp³-hybridized carbons (Fsp3) is 0.200. The summed E-state index contributed by atoms with van der Waals surface area (Å²) in [6, 6.07) is 16.2. The van der Waals surface area contributed by atoms with Crippen molar-refractivity contribution in [3.8, 4) is 17.0 Å². The van der Waals surface area contributed by atoms with E-state index in [-0.39, 0.29) is 5.56 Å². The van der Waals surface area contributed by atoms with Crippen LogP contribution in [0.2, 0.25) is 0 Å². The maximum absolute atomic E-state index is 11.4. The fourth-order valence-corrected chi connectivity index (χ4v) is 2.48. The van der Waals surface area contributed by atoms with Crippen molar-refractivity contribution in [2.24, 2.45) is 5.92 Å². The van der Waals surface area contributed by atoms with Crippen LogP contribution in [0, 0.1) is 5.92 Å². The lowest BCUT2D eigenvalue weighted by Crippen LogP contribution is -2.22. The Kier molecular flexibility index (Phi) is 4.47. The summed E-state index contributed by atoms with van der Waals surface area (Å²) < 4.78 is 5.67. The van der Waals surface area contributed by atoms with Crippen molar-refractivity contribution in [2.75, 3.05) is 6.61 Å². The molecule has 122 valence electrons. The first-order chi connectivity index (χ1) is 11.5. The number of carboxylic acid groups (broad SMARTS) is 1. The third kappa shape index (κ3) is 3.38. The van der Waals surface area contributed by atoms with Crippen molar-refractivity contribution < 1.29 is 14.6 Å². The van der Waals surface area contributed by atoms with Gasteiger partial charge in [-0.15, -0.1) is 0 Å². The number of ether oxygens (including phenoxy) is 1. The molecule has 1 heterocycles. The van der Waals surface area contributed by atoms with E-state index in [1.807, 2.05) is 30.3 Å². The van der Waals surface area contributed by atoms with Crippen LogP contribution >= 0.6 is 0 Å². The summed E-state index contributed by atoms with van der Waals surface area (Å²) in [5, 5.41) is 12.0. The van der Waals surface area contributed by atoms with E-state index in [0.29, 0.717) is 29.1 Å². The summed E-state index contributed by atoms with van der Waals surface area (Å²) >= 11 is 0. The third-order valence-electron chi connectivity index (χ3n) is 3.67. The third-order valence-corrected chi connectivity index (χ3v) is 3.67. The van der Waals surface area contributed by atoms with Gasteiger partial charge in [-0.05, 0) is 42.3 Å². The SMILES string of the molecule is CC(C)COc1ccc(-c2cc(C(=O)[O-])c3ccccc3n2)cc1. The number of pyridine rings is 1. The molecular weight excluding hydrogens is 302 g/mol. The molecule has 3 rings (SSSR count). The smallest absolute Gasteiger partial charge is 0.119 e. The molecule has 0 bridgehead atoms. The van der Waals surface area contributed by atoms with E-state index in [9.17, 15) is 9.90 Å². The maximum Gasteiger partial charge on any atom is 0.119 e. The molecular formula is C20H18NO3-. The standard InChI is InChI=1S/C20H19NO3/c1-13(2)12-24-15-9-7-14(8-10-15)19-11-17(20(22)23)16-5-3-4-6-18(16)21-19/h3-11,13H,12H2,1-2H3,(H,22,23)/p-1. The fourth-order valence-electron chi connectivity index (χ4n) is 2.48. The van der Waals surface area contributed by atoms with Crippen LogP contribution in [0.15, 0.2) is 54.6 Å². The first-order valence-electron chi connectivity index (χ1n) is 7.89. The van der Waals surface area contributed by atoms with Crippen LogP contribution in [-0.2, 0) is 0 Å². The number of nitrogens with zero attached hydrogens (tertiary/aromatic N) is 1. The van der Waals surface area contributed by atoms with Gasteiger partial charge in [0.25, 0.3) is 0 Å². The van der Waals surface area contributed by atoms with Crippen LogP contribution in [0.25, 0.3) is 22.2 Å². The Balaban J connectivity index is 1.98. The molecule has 0 fully saturated rings. The lowest BCUT2D eigenvalue weighted by atomic mass is 10.0. The number of aromatic nitrogens is 1. The van der Waals surface area contributed by atoms with E-state index >= 15 is 0 Å². The van der Waals surface area contributed by atoms with E-state index in [1.54, 1.807) is 24.3 Å². The Morgan fingerprint density at radius 3 is 2.50 bits per heavy atom. The number of benzene rings is 2. The number of carbonyl (C=O) groups is 1. The summed E-state index contributed by atoms with van der Waals surface area (Å²) in [7, 11) is 0. The summed E-state index contributed by atoms with van der Waals surface area (Å²) in [5.74, 6) is 0.0394. The summed E-state index contributed by atoms with van der Waals surface area (Å²) in [6.45, 7) is 4.84. The monoisotopic (exact) mass is 320 g/mol. The normalized spacial score (nSPS) is 11.0. The molecule has 0 aliphatic heterocycles. The topological polar surface area (TPSA) is 62.2 Å². The molecule has 0 saturated heterocycles. The first-order valence-corrected chi connectivity index (χ1v) is 7.89. The second-order valence-electron chi connectivity index (χ2n) is 6.09. The number of carboxylic acids is 1. The molecule has 0 unspecified atom stereocenters. The molecule has 0 radical (unpaired) electrons. The van der Waals surface area contributed by atoms with Gasteiger partial charge in [0.1, 0.15) is 5.75 Å². The minimum Gasteiger partial charge on any atom is -0.545 e. The highest BCUT2D eigenvalue weighted by atomic mass is 16.5. The van der Waals surface area contributed by atoms with Gasteiger partial charge < -0.3 is 14.6 Å². The second-order valence-corrected chi connectivity index (χ2v) is 6.09. The van der Waals surface area contributed by atoms with E-state index in [1.165, 1.54) is 0 Å². The molecule has 2 aromatic carbocycles. The molecule has 0 aliphatic rings. The number of hydrogen-bond acceptors (Lipinski definition) is 4. The van der Waals surface area contributed by atoms with Gasteiger partial charge in [-0.3, -0.25) is 0 Å². The molecule has 4 heteroatoms. The first kappa shape index (κ1) is 16.0. The predicted molar refractivity (Wildman–Crippen MR) is 91.8 cm³/mol. The number of para-hydroxylation sites is 1. The van der Waals surface area contributed by atoms with Gasteiger partial charge in [0.2, 0.25) is 0 Å². The van der Waals surface area contributed by atoms with Crippen molar-refractivity contribution in [1.82, 2.24) is 4.98 Å². The van der Waals surface area contributed by atoms with Crippen molar-refractivity contribution in [3.05, 3.63) is 60.2 Å². The van der Waals surface area contributed by atoms with Crippen molar-refractivity contribution in [3.63, 3.8) is 0 Å². The predicted octanol–water partition coefficient (Wildman–Crippen LogP) is 3.30. The van der Waals surface area contributed by atoms with E-state index < -0.39 is 5.97 Å². The van der Waals surface area contributed by atoms with Crippen LogP contribution in [0.4, 0.5) is 0 Å². The molecule has 3 aromatic rings. The average Bonchev–Trinajstić information content (AvgIpc) is 2.59. The van der Waals surface area contributed by atoms with Gasteiger partial charge in [0, 0.05) is 16.5 Å². The number of fused-ring (bicyclic) bond motifs is 1. The second kappa shape index (κ2) is 6.71. The minimum absolute atomic E-state index is 0.149. The van der Waals surface area contributed by atoms with Crippen LogP contribution in [0.3, 0.4) is 0 Å². The van der Waals surface area contributed by atoms with Gasteiger partial charge in [-0.1, -0.05) is 32.0 Å². The molecule has 0 atom stereocenters. The molecule has 0 spiro atoms. The average molecular weight is 320 g/mol. The Morgan fingerprint density at radius 1 is 1.12 bits per heavy atom. The largest absolute Gasteiger partial charge is 0.545 e. The Morgan fingerprint density at radius 2 is 1.83 bits per heavy atom. The Bertz CT molecular complexity index is 870. The quantitative estimate of drug-likeness (QED) is 0.723. The van der Waals surface area contributed by atoms with Crippen molar-refractivity contribution >= 4 is 16.9 Å². The molecule has 24 heavy (non-hydrogen) atoms. The van der Waals surface area contributed by atoms with Crippen LogP contribution in [0.1, 0.15) is 24.2 Å². The zero-order valence-corrected chi connectivity index (χ0v) is 13.7. The van der Waals surface area contributed by atoms with Crippen molar-refractivity contribution in [1.29, 1.82) is 0 Å². The zero-order chi connectivity index (χ0) is 17.1. The van der Waals surface area contributed by atoms with Gasteiger partial charge in [0.05, 0.1) is 23.8 Å². The number of hydrogen-bond donors (Lipinski definition) is 0. The highest BCUT2D eigenvalue weighted by Gasteiger charge is 2.08. The summed E-state index contributed by atoms with van der Waals surface area (Å²) in [4.78, 5) is 16.0. The number of rotatable bonds is 5. The summed E-state index contributed by atoms with van der Waals surface area (Å²) in [5.41, 5.74) is 2.22. The lowest BCUT2D eigenvalue weighted by Gasteiger charge is -2.12. The van der Waals surface area contributed by atoms with E-state index in [2.05, 4.69) is 18.8 Å². The Hall–Kier alpha value is -2.88. The molecule has 1 aromatic heterocycles. The molecule has 4 nitrogen and oxygen atoms in total. The van der Waals surface area contributed by atoms with Crippen LogP contribution in [-0.4, -0.2) is 17.6 Å². The minimum atomic E-state index is -1.20. The van der Waals surface area contributed by atoms with Crippen LogP contribution in [0.5, 0.6) is 5.75 Å². The highest BCUT2D eigenvalue weighted by Crippen LogP contribution is 2.26. The Labute approximate surface area is 140 Å². The van der Waals surface area contributed by atoms with Gasteiger partial charge >= 0.3 is 0 Å². The number of aromatic carboxylic acids is 1. The summed E-state index contributed by atoms with van der Waals surface area (Å²) in [6.07, 6.45) is 0. The van der Waals surface area contributed by atoms with Crippen LogP contribution < -0.4 is 9.84 Å². The molecule has 0 saturated carbocycles. The van der Waals surface area contributed by atoms with E-state index in [0.717, 1.165) is 11.3 Å². The van der Waals surface area contributed by atoms with E-state index in [4.69, 9.17) is 4.74 Å². The lowest BCUT2D eigenvalue weighted by molar-refractivity contribution is -0.254. The maximum atomic E-state index is 11.4. The van der Waals surface area contributed by atoms with Crippen molar-refractivity contribution in [2.45, 2.75) is 13.8 Å². The highest BCUT2D eigenvalue weighted by molar-refractivity contribution is 6.02.